The number of para-hydroxylation sites is 1. The lowest BCUT2D eigenvalue weighted by atomic mass is 10.1. The Hall–Kier alpha value is -2.31. The molecule has 1 N–H and O–H groups in total. The number of benzene rings is 2. The van der Waals surface area contributed by atoms with Crippen molar-refractivity contribution in [1.29, 1.82) is 5.26 Å². The minimum absolute atomic E-state index is 0.690. The molecule has 2 aromatic rings. The van der Waals surface area contributed by atoms with Crippen molar-refractivity contribution >= 4 is 0 Å². The van der Waals surface area contributed by atoms with Crippen LogP contribution < -0.4 is 10.1 Å². The smallest absolute Gasteiger partial charge is 0.122 e. The first kappa shape index (κ1) is 15.1. The van der Waals surface area contributed by atoms with Crippen LogP contribution in [0.2, 0.25) is 0 Å². The lowest BCUT2D eigenvalue weighted by Crippen LogP contribution is -2.17. The Balaban J connectivity index is 1.80. The van der Waals surface area contributed by atoms with Gasteiger partial charge in [-0.25, -0.2) is 0 Å². The van der Waals surface area contributed by atoms with E-state index in [1.165, 1.54) is 11.1 Å². The van der Waals surface area contributed by atoms with Crippen LogP contribution >= 0.6 is 0 Å². The highest BCUT2D eigenvalue weighted by atomic mass is 16.5. The third kappa shape index (κ3) is 4.62. The molecule has 0 aromatic heterocycles. The van der Waals surface area contributed by atoms with Gasteiger partial charge < -0.3 is 10.1 Å². The number of rotatable bonds is 7. The van der Waals surface area contributed by atoms with Crippen LogP contribution in [0.4, 0.5) is 0 Å². The fraction of sp³-hybridized carbons (Fsp3) is 0.278. The number of nitriles is 1. The van der Waals surface area contributed by atoms with Crippen molar-refractivity contribution in [2.24, 2.45) is 0 Å². The third-order valence-corrected chi connectivity index (χ3v) is 3.26. The quantitative estimate of drug-likeness (QED) is 0.792. The minimum atomic E-state index is 0.690. The first-order chi connectivity index (χ1) is 10.3. The number of ether oxygens (including phenoxy) is 1. The second kappa shape index (κ2) is 8.08. The highest BCUT2D eigenvalue weighted by Gasteiger charge is 2.01. The van der Waals surface area contributed by atoms with Gasteiger partial charge in [0.1, 0.15) is 5.75 Å². The van der Waals surface area contributed by atoms with E-state index >= 15 is 0 Å². The fourth-order valence-electron chi connectivity index (χ4n) is 2.16. The molecule has 2 aromatic carbocycles. The zero-order valence-corrected chi connectivity index (χ0v) is 12.3. The molecule has 0 radical (unpaired) electrons. The molecule has 0 aliphatic carbocycles. The van der Waals surface area contributed by atoms with Gasteiger partial charge in [0.2, 0.25) is 0 Å². The van der Waals surface area contributed by atoms with Crippen LogP contribution in [-0.2, 0) is 13.0 Å². The lowest BCUT2D eigenvalue weighted by molar-refractivity contribution is 0.336. The van der Waals surface area contributed by atoms with Gasteiger partial charge >= 0.3 is 0 Å². The zero-order valence-electron chi connectivity index (χ0n) is 12.3. The third-order valence-electron chi connectivity index (χ3n) is 3.26. The van der Waals surface area contributed by atoms with Gasteiger partial charge in [0.25, 0.3) is 0 Å². The van der Waals surface area contributed by atoms with E-state index in [1.807, 2.05) is 49.4 Å². The second-order valence-corrected chi connectivity index (χ2v) is 4.78. The topological polar surface area (TPSA) is 45.0 Å². The first-order valence-electron chi connectivity index (χ1n) is 7.24. The summed E-state index contributed by atoms with van der Waals surface area (Å²) in [6, 6.07) is 18.0. The maximum Gasteiger partial charge on any atom is 0.122 e. The Kier molecular flexibility index (Phi) is 5.81. The van der Waals surface area contributed by atoms with E-state index in [0.29, 0.717) is 12.2 Å². The lowest BCUT2D eigenvalue weighted by Gasteiger charge is -2.10. The number of hydrogen-bond acceptors (Lipinski definition) is 3. The minimum Gasteiger partial charge on any atom is -0.494 e. The largest absolute Gasteiger partial charge is 0.494 e. The maximum atomic E-state index is 8.76. The summed E-state index contributed by atoms with van der Waals surface area (Å²) in [7, 11) is 0. The molecule has 21 heavy (non-hydrogen) atoms. The molecule has 0 aliphatic rings. The van der Waals surface area contributed by atoms with Crippen LogP contribution in [0.25, 0.3) is 0 Å². The van der Waals surface area contributed by atoms with Gasteiger partial charge in [-0.1, -0.05) is 30.3 Å². The van der Waals surface area contributed by atoms with Gasteiger partial charge in [-0.2, -0.15) is 5.26 Å². The summed E-state index contributed by atoms with van der Waals surface area (Å²) in [6.45, 7) is 4.39. The average molecular weight is 280 g/mol. The number of nitrogens with zero attached hydrogens (tertiary/aromatic N) is 1. The predicted molar refractivity (Wildman–Crippen MR) is 84.2 cm³/mol. The highest BCUT2D eigenvalue weighted by molar-refractivity contribution is 5.34. The second-order valence-electron chi connectivity index (χ2n) is 4.78. The van der Waals surface area contributed by atoms with Crippen LogP contribution in [-0.4, -0.2) is 13.2 Å². The van der Waals surface area contributed by atoms with Gasteiger partial charge in [0, 0.05) is 6.54 Å². The van der Waals surface area contributed by atoms with Crippen LogP contribution in [0.1, 0.15) is 23.6 Å². The van der Waals surface area contributed by atoms with Crippen LogP contribution in [0.5, 0.6) is 5.75 Å². The number of hydrogen-bond donors (Lipinski definition) is 1. The van der Waals surface area contributed by atoms with E-state index < -0.39 is 0 Å². The van der Waals surface area contributed by atoms with Gasteiger partial charge in [0.05, 0.1) is 18.2 Å². The highest BCUT2D eigenvalue weighted by Crippen LogP contribution is 2.18. The van der Waals surface area contributed by atoms with Crippen LogP contribution in [0.15, 0.2) is 48.5 Å². The number of nitrogens with one attached hydrogen (secondary N) is 1. The van der Waals surface area contributed by atoms with Crippen molar-refractivity contribution in [3.05, 3.63) is 65.2 Å². The molecule has 3 heteroatoms. The molecule has 108 valence electrons. The molecular weight excluding hydrogens is 260 g/mol. The molecule has 0 unspecified atom stereocenters. The van der Waals surface area contributed by atoms with Crippen molar-refractivity contribution in [3.63, 3.8) is 0 Å². The summed E-state index contributed by atoms with van der Waals surface area (Å²) in [5.74, 6) is 0.972. The summed E-state index contributed by atoms with van der Waals surface area (Å²) >= 11 is 0. The van der Waals surface area contributed by atoms with Crippen LogP contribution in [0, 0.1) is 11.3 Å². The van der Waals surface area contributed by atoms with E-state index in [2.05, 4.69) is 17.5 Å². The van der Waals surface area contributed by atoms with E-state index in [9.17, 15) is 0 Å². The van der Waals surface area contributed by atoms with Crippen molar-refractivity contribution in [1.82, 2.24) is 5.32 Å². The van der Waals surface area contributed by atoms with Crippen molar-refractivity contribution in [3.8, 4) is 11.8 Å². The SMILES string of the molecule is CCOc1ccccc1CCNCc1ccc(C#N)cc1. The molecule has 3 nitrogen and oxygen atoms in total. The molecule has 2 rings (SSSR count). The van der Waals surface area contributed by atoms with Gasteiger partial charge in [-0.05, 0) is 49.2 Å². The Morgan fingerprint density at radius 1 is 1.10 bits per heavy atom. The zero-order chi connectivity index (χ0) is 14.9. The Labute approximate surface area is 126 Å². The molecule has 0 saturated carbocycles. The van der Waals surface area contributed by atoms with Crippen molar-refractivity contribution in [2.45, 2.75) is 19.9 Å². The molecule has 0 atom stereocenters. The van der Waals surface area contributed by atoms with E-state index in [4.69, 9.17) is 10.00 Å². The van der Waals surface area contributed by atoms with Gasteiger partial charge in [-0.15, -0.1) is 0 Å². The summed E-state index contributed by atoms with van der Waals surface area (Å²) < 4.78 is 5.62. The fourth-order valence-corrected chi connectivity index (χ4v) is 2.16. The molecule has 0 fully saturated rings. The van der Waals surface area contributed by atoms with Crippen molar-refractivity contribution < 1.29 is 4.74 Å². The van der Waals surface area contributed by atoms with E-state index in [-0.39, 0.29) is 0 Å². The van der Waals surface area contributed by atoms with Gasteiger partial charge in [-0.3, -0.25) is 0 Å². The monoisotopic (exact) mass is 280 g/mol. The Bertz CT molecular complexity index is 599. The molecule has 0 spiro atoms. The van der Waals surface area contributed by atoms with Crippen molar-refractivity contribution in [2.75, 3.05) is 13.2 Å². The van der Waals surface area contributed by atoms with Gasteiger partial charge in [0.15, 0.2) is 0 Å². The first-order valence-corrected chi connectivity index (χ1v) is 7.24. The standard InChI is InChI=1S/C18H20N2O/c1-2-21-18-6-4-3-5-17(18)11-12-20-14-16-9-7-15(13-19)8-10-16/h3-10,20H,2,11-12,14H2,1H3. The average Bonchev–Trinajstić information content (AvgIpc) is 2.54. The normalized spacial score (nSPS) is 10.1. The molecule has 0 bridgehead atoms. The maximum absolute atomic E-state index is 8.76. The molecule has 0 saturated heterocycles. The Morgan fingerprint density at radius 3 is 2.57 bits per heavy atom. The Morgan fingerprint density at radius 2 is 1.86 bits per heavy atom. The van der Waals surface area contributed by atoms with Crippen LogP contribution in [0.3, 0.4) is 0 Å². The summed E-state index contributed by atoms with van der Waals surface area (Å²) in [5.41, 5.74) is 3.11. The molecule has 0 amide bonds. The van der Waals surface area contributed by atoms with E-state index in [1.54, 1.807) is 0 Å². The molecular formula is C18H20N2O. The summed E-state index contributed by atoms with van der Waals surface area (Å²) in [6.07, 6.45) is 0.937. The summed E-state index contributed by atoms with van der Waals surface area (Å²) in [5, 5.41) is 12.2. The predicted octanol–water partition coefficient (Wildman–Crippen LogP) is 3.29. The molecule has 0 aliphatic heterocycles. The summed E-state index contributed by atoms with van der Waals surface area (Å²) in [4.78, 5) is 0. The molecule has 0 heterocycles. The van der Waals surface area contributed by atoms with E-state index in [0.717, 1.165) is 25.3 Å².